The number of thioether (sulfide) groups is 1. The molecule has 0 atom stereocenters. The van der Waals surface area contributed by atoms with Gasteiger partial charge in [0.1, 0.15) is 11.6 Å². The molecule has 5 nitrogen and oxygen atoms in total. The number of nitrogens with zero attached hydrogens (tertiary/aromatic N) is 2. The minimum Gasteiger partial charge on any atom is -0.497 e. The molecule has 0 saturated heterocycles. The molecule has 1 heterocycles. The molecule has 0 aliphatic rings. The van der Waals surface area contributed by atoms with E-state index in [2.05, 4.69) is 20.5 Å². The minimum absolute atomic E-state index is 0.272. The van der Waals surface area contributed by atoms with E-state index in [1.54, 1.807) is 32.2 Å². The summed E-state index contributed by atoms with van der Waals surface area (Å²) in [4.78, 5) is 17.0. The highest BCUT2D eigenvalue weighted by Crippen LogP contribution is 2.30. The van der Waals surface area contributed by atoms with Crippen LogP contribution in [0, 0.1) is 5.82 Å². The van der Waals surface area contributed by atoms with Crippen molar-refractivity contribution in [2.75, 3.05) is 13.7 Å². The number of esters is 1. The lowest BCUT2D eigenvalue weighted by Crippen LogP contribution is -2.05. The van der Waals surface area contributed by atoms with Crippen LogP contribution in [0.3, 0.4) is 0 Å². The van der Waals surface area contributed by atoms with Gasteiger partial charge in [0.2, 0.25) is 0 Å². The van der Waals surface area contributed by atoms with E-state index in [4.69, 9.17) is 14.5 Å². The number of ether oxygens (including phenoxy) is 2. The number of imidazole rings is 1. The van der Waals surface area contributed by atoms with Gasteiger partial charge in [-0.25, -0.2) is 14.2 Å². The summed E-state index contributed by atoms with van der Waals surface area (Å²) in [5.41, 5.74) is 4.16. The number of fused-ring (bicyclic) bond motifs is 1. The Labute approximate surface area is 210 Å². The van der Waals surface area contributed by atoms with Crippen molar-refractivity contribution in [2.45, 2.75) is 30.8 Å². The van der Waals surface area contributed by atoms with Crippen molar-refractivity contribution < 1.29 is 18.7 Å². The van der Waals surface area contributed by atoms with Crippen molar-refractivity contribution in [1.29, 1.82) is 0 Å². The van der Waals surface area contributed by atoms with Gasteiger partial charge in [0.05, 0.1) is 30.3 Å². The Morgan fingerprint density at radius 1 is 1.12 bits per heavy atom. The standard InChI is InChI=1S/C26H24BrFN2O3S/c1-3-33-25(31)18-6-11-24-23(15-18)29-26(34-16-19-14-20(28)7-10-22(19)27)30(24)13-12-17-4-8-21(32-2)9-5-17/h4-11,14-15H,3,12-13,16H2,1-2H3. The van der Waals surface area contributed by atoms with Crippen LogP contribution in [0.2, 0.25) is 0 Å². The summed E-state index contributed by atoms with van der Waals surface area (Å²) >= 11 is 5.04. The smallest absolute Gasteiger partial charge is 0.338 e. The molecule has 0 amide bonds. The SMILES string of the molecule is CCOC(=O)c1ccc2c(c1)nc(SCc1cc(F)ccc1Br)n2CCc1ccc(OC)cc1. The summed E-state index contributed by atoms with van der Waals surface area (Å²) in [6.07, 6.45) is 0.798. The third-order valence-corrected chi connectivity index (χ3v) is 7.17. The molecule has 0 saturated carbocycles. The Kier molecular flexibility index (Phi) is 7.90. The van der Waals surface area contributed by atoms with Crippen LogP contribution >= 0.6 is 27.7 Å². The minimum atomic E-state index is -0.366. The maximum Gasteiger partial charge on any atom is 0.338 e. The summed E-state index contributed by atoms with van der Waals surface area (Å²) in [6, 6.07) is 18.1. The van der Waals surface area contributed by atoms with Gasteiger partial charge in [-0.15, -0.1) is 0 Å². The fourth-order valence-corrected chi connectivity index (χ4v) is 5.21. The lowest BCUT2D eigenvalue weighted by molar-refractivity contribution is 0.0526. The number of aryl methyl sites for hydroxylation is 2. The predicted octanol–water partition coefficient (Wildman–Crippen LogP) is 6.66. The molecule has 0 aliphatic heterocycles. The van der Waals surface area contributed by atoms with E-state index in [1.807, 2.05) is 30.3 Å². The number of methoxy groups -OCH3 is 1. The second-order valence-corrected chi connectivity index (χ2v) is 9.39. The monoisotopic (exact) mass is 542 g/mol. The van der Waals surface area contributed by atoms with Crippen molar-refractivity contribution in [2.24, 2.45) is 0 Å². The number of carbonyl (C=O) groups excluding carboxylic acids is 1. The normalized spacial score (nSPS) is 11.1. The number of hydrogen-bond acceptors (Lipinski definition) is 5. The van der Waals surface area contributed by atoms with Crippen LogP contribution in [-0.4, -0.2) is 29.2 Å². The van der Waals surface area contributed by atoms with Gasteiger partial charge in [-0.3, -0.25) is 0 Å². The highest BCUT2D eigenvalue weighted by molar-refractivity contribution is 9.10. The van der Waals surface area contributed by atoms with Gasteiger partial charge in [-0.05, 0) is 73.0 Å². The molecule has 4 aromatic rings. The van der Waals surface area contributed by atoms with Crippen molar-refractivity contribution in [3.05, 3.63) is 87.6 Å². The first-order valence-electron chi connectivity index (χ1n) is 10.9. The largest absolute Gasteiger partial charge is 0.497 e. The van der Waals surface area contributed by atoms with Crippen molar-refractivity contribution in [3.8, 4) is 5.75 Å². The van der Waals surface area contributed by atoms with E-state index in [0.29, 0.717) is 24.5 Å². The highest BCUT2D eigenvalue weighted by Gasteiger charge is 2.16. The zero-order valence-corrected chi connectivity index (χ0v) is 21.3. The van der Waals surface area contributed by atoms with Crippen molar-refractivity contribution >= 4 is 44.7 Å². The third-order valence-electron chi connectivity index (χ3n) is 5.37. The fraction of sp³-hybridized carbons (Fsp3) is 0.231. The molecule has 0 aliphatic carbocycles. The second kappa shape index (κ2) is 11.1. The second-order valence-electron chi connectivity index (χ2n) is 7.59. The molecule has 0 fully saturated rings. The van der Waals surface area contributed by atoms with E-state index < -0.39 is 0 Å². The number of carbonyl (C=O) groups is 1. The molecule has 4 rings (SSSR count). The average Bonchev–Trinajstić information content (AvgIpc) is 3.20. The quantitative estimate of drug-likeness (QED) is 0.175. The third kappa shape index (κ3) is 5.62. The van der Waals surface area contributed by atoms with Gasteiger partial charge in [0, 0.05) is 16.8 Å². The summed E-state index contributed by atoms with van der Waals surface area (Å²) in [6.45, 7) is 2.80. The van der Waals surface area contributed by atoms with Crippen LogP contribution in [0.5, 0.6) is 5.75 Å². The van der Waals surface area contributed by atoms with Crippen LogP contribution in [0.4, 0.5) is 4.39 Å². The molecular formula is C26H24BrFN2O3S. The first-order valence-corrected chi connectivity index (χ1v) is 12.6. The lowest BCUT2D eigenvalue weighted by Gasteiger charge is -2.10. The molecule has 1 aromatic heterocycles. The molecule has 34 heavy (non-hydrogen) atoms. The van der Waals surface area contributed by atoms with Crippen LogP contribution < -0.4 is 4.74 Å². The van der Waals surface area contributed by atoms with E-state index in [9.17, 15) is 9.18 Å². The first-order chi connectivity index (χ1) is 16.5. The zero-order chi connectivity index (χ0) is 24.1. The molecule has 0 radical (unpaired) electrons. The van der Waals surface area contributed by atoms with Gasteiger partial charge < -0.3 is 14.0 Å². The summed E-state index contributed by atoms with van der Waals surface area (Å²) < 4.78 is 27.1. The Bertz CT molecular complexity index is 1310. The van der Waals surface area contributed by atoms with E-state index in [1.165, 1.54) is 29.5 Å². The van der Waals surface area contributed by atoms with E-state index >= 15 is 0 Å². The molecule has 0 unspecified atom stereocenters. The number of hydrogen-bond donors (Lipinski definition) is 0. The van der Waals surface area contributed by atoms with Crippen LogP contribution in [-0.2, 0) is 23.5 Å². The zero-order valence-electron chi connectivity index (χ0n) is 18.9. The Hall–Kier alpha value is -2.84. The Balaban J connectivity index is 1.64. The average molecular weight is 543 g/mol. The number of halogens is 2. The fourth-order valence-electron chi connectivity index (χ4n) is 3.60. The number of rotatable bonds is 9. The van der Waals surface area contributed by atoms with Gasteiger partial charge in [0.15, 0.2) is 5.16 Å². The van der Waals surface area contributed by atoms with Gasteiger partial charge in [0.25, 0.3) is 0 Å². The molecule has 0 spiro atoms. The van der Waals surface area contributed by atoms with Gasteiger partial charge in [-0.1, -0.05) is 39.8 Å². The maximum atomic E-state index is 13.8. The number of aromatic nitrogens is 2. The Morgan fingerprint density at radius 3 is 2.65 bits per heavy atom. The first kappa shape index (κ1) is 24.3. The maximum absolute atomic E-state index is 13.8. The topological polar surface area (TPSA) is 53.3 Å². The molecule has 176 valence electrons. The predicted molar refractivity (Wildman–Crippen MR) is 136 cm³/mol. The summed E-state index contributed by atoms with van der Waals surface area (Å²) in [5, 5.41) is 0.806. The molecule has 3 aromatic carbocycles. The summed E-state index contributed by atoms with van der Waals surface area (Å²) in [7, 11) is 1.65. The number of benzene rings is 3. The van der Waals surface area contributed by atoms with Crippen molar-refractivity contribution in [3.63, 3.8) is 0 Å². The molecule has 0 bridgehead atoms. The van der Waals surface area contributed by atoms with Gasteiger partial charge in [-0.2, -0.15) is 0 Å². The highest BCUT2D eigenvalue weighted by atomic mass is 79.9. The van der Waals surface area contributed by atoms with Crippen molar-refractivity contribution in [1.82, 2.24) is 9.55 Å². The van der Waals surface area contributed by atoms with E-state index in [0.717, 1.165) is 38.4 Å². The van der Waals surface area contributed by atoms with Crippen LogP contribution in [0.25, 0.3) is 11.0 Å². The van der Waals surface area contributed by atoms with Crippen LogP contribution in [0.15, 0.2) is 70.3 Å². The van der Waals surface area contributed by atoms with E-state index in [-0.39, 0.29) is 11.8 Å². The van der Waals surface area contributed by atoms with Gasteiger partial charge >= 0.3 is 5.97 Å². The van der Waals surface area contributed by atoms with Crippen LogP contribution in [0.1, 0.15) is 28.4 Å². The lowest BCUT2D eigenvalue weighted by atomic mass is 10.1. The molecule has 0 N–H and O–H groups in total. The summed E-state index contributed by atoms with van der Waals surface area (Å²) in [5.74, 6) is 0.732. The Morgan fingerprint density at radius 2 is 1.91 bits per heavy atom. The molecule has 8 heteroatoms. The molecular weight excluding hydrogens is 519 g/mol.